The summed E-state index contributed by atoms with van der Waals surface area (Å²) in [7, 11) is 0. The topological polar surface area (TPSA) is 102 Å². The standard InChI is InChI=1S/C21H29ClN4O2.C2HF3O2/c1-14(2)11-25-12-17-18(13-25)21(24-19(17)27)7-9-26(10-8-21)20(28)23-16-5-3-15(22)4-6-16;3-2(4,5)1(6)7/h3-6,14,17-18H,7-13H2,1-2H3,(H,23,28)(H,24,27);(H,6,7)/t17-,18+;/m0./s1. The molecule has 8 nitrogen and oxygen atoms in total. The Balaban J connectivity index is 0.000000429. The van der Waals surface area contributed by atoms with E-state index < -0.39 is 12.1 Å². The van der Waals surface area contributed by atoms with Crippen molar-refractivity contribution < 1.29 is 32.7 Å². The fourth-order valence-electron chi connectivity index (χ4n) is 5.15. The van der Waals surface area contributed by atoms with Crippen LogP contribution in [-0.2, 0) is 9.59 Å². The van der Waals surface area contributed by atoms with Crippen molar-refractivity contribution in [3.63, 3.8) is 0 Å². The first-order chi connectivity index (χ1) is 16.3. The quantitative estimate of drug-likeness (QED) is 0.566. The van der Waals surface area contributed by atoms with Crippen molar-refractivity contribution >= 4 is 35.2 Å². The summed E-state index contributed by atoms with van der Waals surface area (Å²) in [4.78, 5) is 38.4. The minimum atomic E-state index is -5.08. The highest BCUT2D eigenvalue weighted by molar-refractivity contribution is 6.30. The van der Waals surface area contributed by atoms with Crippen molar-refractivity contribution in [3.8, 4) is 0 Å². The average Bonchev–Trinajstić information content (AvgIpc) is 3.28. The van der Waals surface area contributed by atoms with Gasteiger partial charge in [-0.25, -0.2) is 9.59 Å². The smallest absolute Gasteiger partial charge is 0.475 e. The molecule has 0 radical (unpaired) electrons. The Morgan fingerprint density at radius 3 is 2.29 bits per heavy atom. The van der Waals surface area contributed by atoms with Crippen LogP contribution in [0.3, 0.4) is 0 Å². The summed E-state index contributed by atoms with van der Waals surface area (Å²) < 4.78 is 31.7. The monoisotopic (exact) mass is 518 g/mol. The minimum Gasteiger partial charge on any atom is -0.475 e. The summed E-state index contributed by atoms with van der Waals surface area (Å²) in [6.45, 7) is 8.67. The van der Waals surface area contributed by atoms with Gasteiger partial charge in [0.25, 0.3) is 0 Å². The SMILES string of the molecule is CC(C)CN1C[C@@H]2C(=O)NC3(CCN(C(=O)Nc4ccc(Cl)cc4)CC3)[C@@H]2C1.O=C(O)C(F)(F)F. The van der Waals surface area contributed by atoms with Crippen molar-refractivity contribution in [1.82, 2.24) is 15.1 Å². The Morgan fingerprint density at radius 1 is 1.20 bits per heavy atom. The highest BCUT2D eigenvalue weighted by Gasteiger charge is 2.57. The number of fused-ring (bicyclic) bond motifs is 2. The molecule has 1 aromatic carbocycles. The molecule has 3 amide bonds. The van der Waals surface area contributed by atoms with Gasteiger partial charge >= 0.3 is 18.2 Å². The van der Waals surface area contributed by atoms with E-state index >= 15 is 0 Å². The van der Waals surface area contributed by atoms with Crippen LogP contribution in [0.4, 0.5) is 23.7 Å². The lowest BCUT2D eigenvalue weighted by molar-refractivity contribution is -0.192. The van der Waals surface area contributed by atoms with Crippen molar-refractivity contribution in [2.24, 2.45) is 17.8 Å². The van der Waals surface area contributed by atoms with Gasteiger partial charge in [0.2, 0.25) is 5.91 Å². The number of nitrogens with one attached hydrogen (secondary N) is 2. The number of aliphatic carboxylic acids is 1. The number of likely N-dealkylation sites (tertiary alicyclic amines) is 2. The lowest BCUT2D eigenvalue weighted by Gasteiger charge is -2.42. The molecule has 3 saturated heterocycles. The zero-order valence-electron chi connectivity index (χ0n) is 19.6. The number of alkyl halides is 3. The van der Waals surface area contributed by atoms with Crippen LogP contribution in [0, 0.1) is 17.8 Å². The van der Waals surface area contributed by atoms with E-state index in [9.17, 15) is 22.8 Å². The summed E-state index contributed by atoms with van der Waals surface area (Å²) in [5.74, 6) is -1.48. The molecule has 0 bridgehead atoms. The van der Waals surface area contributed by atoms with Gasteiger partial charge in [-0.05, 0) is 43.0 Å². The normalized spacial score (nSPS) is 23.5. The molecule has 3 fully saturated rings. The number of nitrogens with zero attached hydrogens (tertiary/aromatic N) is 2. The number of benzene rings is 1. The Kier molecular flexibility index (Phi) is 8.21. The van der Waals surface area contributed by atoms with Gasteiger partial charge in [-0.2, -0.15) is 13.2 Å². The van der Waals surface area contributed by atoms with Crippen LogP contribution in [0.1, 0.15) is 26.7 Å². The molecule has 3 aliphatic heterocycles. The number of carbonyl (C=O) groups excluding carboxylic acids is 2. The van der Waals surface area contributed by atoms with Gasteiger partial charge in [0.15, 0.2) is 0 Å². The van der Waals surface area contributed by atoms with Gasteiger partial charge in [0.1, 0.15) is 0 Å². The fraction of sp³-hybridized carbons (Fsp3) is 0.609. The largest absolute Gasteiger partial charge is 0.490 e. The maximum Gasteiger partial charge on any atom is 0.490 e. The van der Waals surface area contributed by atoms with E-state index in [1.165, 1.54) is 0 Å². The number of piperidine rings is 1. The molecule has 0 unspecified atom stereocenters. The van der Waals surface area contributed by atoms with Crippen LogP contribution in [0.25, 0.3) is 0 Å². The zero-order valence-corrected chi connectivity index (χ0v) is 20.3. The molecule has 1 spiro atoms. The number of halogens is 4. The Morgan fingerprint density at radius 2 is 1.77 bits per heavy atom. The summed E-state index contributed by atoms with van der Waals surface area (Å²) in [6.07, 6.45) is -3.44. The molecule has 194 valence electrons. The van der Waals surface area contributed by atoms with E-state index in [4.69, 9.17) is 21.5 Å². The first kappa shape index (κ1) is 27.1. The van der Waals surface area contributed by atoms with Gasteiger partial charge in [-0.15, -0.1) is 0 Å². The maximum atomic E-state index is 12.6. The minimum absolute atomic E-state index is 0.0918. The van der Waals surface area contributed by atoms with E-state index in [2.05, 4.69) is 29.4 Å². The first-order valence-electron chi connectivity index (χ1n) is 11.5. The molecule has 0 saturated carbocycles. The highest BCUT2D eigenvalue weighted by Crippen LogP contribution is 2.44. The third-order valence-corrected chi connectivity index (χ3v) is 6.97. The number of carbonyl (C=O) groups is 3. The highest BCUT2D eigenvalue weighted by atomic mass is 35.5. The lowest BCUT2D eigenvalue weighted by atomic mass is 9.75. The predicted molar refractivity (Wildman–Crippen MR) is 124 cm³/mol. The number of rotatable bonds is 3. The summed E-state index contributed by atoms with van der Waals surface area (Å²) in [6, 6.07) is 7.04. The molecule has 35 heavy (non-hydrogen) atoms. The lowest BCUT2D eigenvalue weighted by Crippen LogP contribution is -2.56. The zero-order chi connectivity index (χ0) is 26.0. The molecule has 1 aromatic rings. The maximum absolute atomic E-state index is 12.6. The molecule has 3 heterocycles. The van der Waals surface area contributed by atoms with Crippen molar-refractivity contribution in [2.45, 2.75) is 38.4 Å². The summed E-state index contributed by atoms with van der Waals surface area (Å²) in [5.41, 5.74) is 0.592. The molecule has 12 heteroatoms. The van der Waals surface area contributed by atoms with Crippen LogP contribution >= 0.6 is 11.6 Å². The van der Waals surface area contributed by atoms with Crippen molar-refractivity contribution in [3.05, 3.63) is 29.3 Å². The van der Waals surface area contributed by atoms with E-state index in [-0.39, 0.29) is 23.4 Å². The van der Waals surface area contributed by atoms with Crippen LogP contribution in [0.15, 0.2) is 24.3 Å². The molecule has 3 aliphatic rings. The predicted octanol–water partition coefficient (Wildman–Crippen LogP) is 3.67. The molecular formula is C23H30ClF3N4O4. The second kappa shape index (κ2) is 10.6. The number of hydrogen-bond donors (Lipinski definition) is 3. The molecular weight excluding hydrogens is 489 g/mol. The Bertz CT molecular complexity index is 934. The van der Waals surface area contributed by atoms with Crippen molar-refractivity contribution in [2.75, 3.05) is 38.0 Å². The second-order valence-electron chi connectivity index (χ2n) is 9.70. The van der Waals surface area contributed by atoms with Gasteiger partial charge in [-0.3, -0.25) is 4.79 Å². The van der Waals surface area contributed by atoms with Gasteiger partial charge in [-0.1, -0.05) is 25.4 Å². The van der Waals surface area contributed by atoms with Crippen molar-refractivity contribution in [1.29, 1.82) is 0 Å². The summed E-state index contributed by atoms with van der Waals surface area (Å²) in [5, 5.41) is 14.0. The van der Waals surface area contributed by atoms with E-state index in [1.807, 2.05) is 4.90 Å². The number of carboxylic acids is 1. The molecule has 0 aliphatic carbocycles. The van der Waals surface area contributed by atoms with E-state index in [0.717, 1.165) is 38.2 Å². The molecule has 3 N–H and O–H groups in total. The Hall–Kier alpha value is -2.53. The van der Waals surface area contributed by atoms with Gasteiger partial charge in [0.05, 0.1) is 5.92 Å². The van der Waals surface area contributed by atoms with Crippen LogP contribution in [0.2, 0.25) is 5.02 Å². The number of hydrogen-bond acceptors (Lipinski definition) is 4. The third-order valence-electron chi connectivity index (χ3n) is 6.72. The molecule has 2 atom stereocenters. The number of anilines is 1. The number of carboxylic acid groups (broad SMARTS) is 1. The van der Waals surface area contributed by atoms with Crippen LogP contribution in [-0.4, -0.2) is 77.3 Å². The summed E-state index contributed by atoms with van der Waals surface area (Å²) >= 11 is 5.90. The third kappa shape index (κ3) is 6.58. The average molecular weight is 519 g/mol. The Labute approximate surface area is 206 Å². The van der Waals surface area contributed by atoms with Crippen LogP contribution in [0.5, 0.6) is 0 Å². The van der Waals surface area contributed by atoms with Crippen LogP contribution < -0.4 is 10.6 Å². The second-order valence-corrected chi connectivity index (χ2v) is 10.1. The fourth-order valence-corrected chi connectivity index (χ4v) is 5.27. The molecule has 4 rings (SSSR count). The van der Waals surface area contributed by atoms with Gasteiger partial charge < -0.3 is 25.5 Å². The first-order valence-corrected chi connectivity index (χ1v) is 11.8. The van der Waals surface area contributed by atoms with E-state index in [1.54, 1.807) is 24.3 Å². The number of amides is 3. The van der Waals surface area contributed by atoms with E-state index in [0.29, 0.717) is 29.9 Å². The number of urea groups is 1. The van der Waals surface area contributed by atoms with Gasteiger partial charge in [0, 0.05) is 54.9 Å². The molecule has 0 aromatic heterocycles.